The van der Waals surface area contributed by atoms with Crippen molar-refractivity contribution in [3.05, 3.63) is 0 Å². The van der Waals surface area contributed by atoms with Gasteiger partial charge in [-0.05, 0) is 13.8 Å². The summed E-state index contributed by atoms with van der Waals surface area (Å²) in [5.74, 6) is 0. The maximum absolute atomic E-state index is 9.61. The van der Waals surface area contributed by atoms with Gasteiger partial charge in [-0.15, -0.1) is 0 Å². The zero-order chi connectivity index (χ0) is 12.8. The molecule has 0 radical (unpaired) electrons. The molecular formula is C14H36O7. The fourth-order valence-electron chi connectivity index (χ4n) is 0.447. The Morgan fingerprint density at radius 1 is 0.810 bits per heavy atom. The van der Waals surface area contributed by atoms with Gasteiger partial charge in [0.05, 0.1) is 6.61 Å². The van der Waals surface area contributed by atoms with Gasteiger partial charge in [0.25, 0.3) is 19.4 Å². The van der Waals surface area contributed by atoms with Crippen LogP contribution in [0, 0.1) is 0 Å². The largest absolute Gasteiger partial charge is 0.464 e. The van der Waals surface area contributed by atoms with Crippen molar-refractivity contribution in [3.63, 3.8) is 0 Å². The van der Waals surface area contributed by atoms with E-state index in [1.54, 1.807) is 13.8 Å². The molecule has 0 aliphatic carbocycles. The van der Waals surface area contributed by atoms with Gasteiger partial charge >= 0.3 is 0 Å². The van der Waals surface area contributed by atoms with Crippen molar-refractivity contribution in [3.8, 4) is 0 Å². The van der Waals surface area contributed by atoms with Gasteiger partial charge in [-0.25, -0.2) is 0 Å². The smallest absolute Gasteiger partial charge is 0.293 e. The molecule has 0 bridgehead atoms. The van der Waals surface area contributed by atoms with Gasteiger partial charge in [0.15, 0.2) is 0 Å². The normalized spacial score (nSPS) is 9.29. The summed E-state index contributed by atoms with van der Waals surface area (Å²) >= 11 is 0. The molecule has 0 aromatic heterocycles. The highest BCUT2D eigenvalue weighted by Gasteiger charge is 1.98. The Kier molecular flexibility index (Phi) is 73.7. The lowest BCUT2D eigenvalue weighted by molar-refractivity contribution is -0.141. The summed E-state index contributed by atoms with van der Waals surface area (Å²) in [6.45, 7) is 4.18. The van der Waals surface area contributed by atoms with Crippen LogP contribution in [0.2, 0.25) is 0 Å². The van der Waals surface area contributed by atoms with Crippen molar-refractivity contribution in [2.24, 2.45) is 0 Å². The molecule has 134 valence electrons. The molecule has 7 heteroatoms. The highest BCUT2D eigenvalue weighted by atomic mass is 16.6. The quantitative estimate of drug-likeness (QED) is 0.542. The molecule has 0 rings (SSSR count). The molecule has 2 atom stereocenters. The van der Waals surface area contributed by atoms with Crippen LogP contribution in [0.5, 0.6) is 0 Å². The van der Waals surface area contributed by atoms with Gasteiger partial charge in [0.1, 0.15) is 18.8 Å². The predicted molar refractivity (Wildman–Crippen MR) is 86.0 cm³/mol. The SMILES string of the molecule is C.C.C.C.C.CC(CO)OC=O.CC(COC=O)OC=O. The number of hydrogen-bond donors (Lipinski definition) is 1. The first-order valence-corrected chi connectivity index (χ1v) is 4.46. The maximum Gasteiger partial charge on any atom is 0.293 e. The lowest BCUT2D eigenvalue weighted by atomic mass is 10.4. The molecule has 0 saturated heterocycles. The van der Waals surface area contributed by atoms with E-state index in [0.717, 1.165) is 0 Å². The molecule has 0 aliphatic heterocycles. The second kappa shape index (κ2) is 36.2. The summed E-state index contributed by atoms with van der Waals surface area (Å²) in [5.41, 5.74) is 0. The van der Waals surface area contributed by atoms with Gasteiger partial charge in [-0.1, -0.05) is 37.1 Å². The molecule has 0 heterocycles. The van der Waals surface area contributed by atoms with E-state index in [2.05, 4.69) is 14.2 Å². The van der Waals surface area contributed by atoms with Crippen LogP contribution in [0.15, 0.2) is 0 Å². The van der Waals surface area contributed by atoms with E-state index >= 15 is 0 Å². The average Bonchev–Trinajstić information content (AvgIpc) is 2.28. The van der Waals surface area contributed by atoms with E-state index in [1.807, 2.05) is 0 Å². The molecule has 0 saturated carbocycles. The number of aliphatic hydroxyl groups excluding tert-OH is 1. The Balaban J connectivity index is -0.0000000307. The highest BCUT2D eigenvalue weighted by Crippen LogP contribution is 1.86. The highest BCUT2D eigenvalue weighted by molar-refractivity contribution is 5.38. The number of ether oxygens (including phenoxy) is 3. The fourth-order valence-corrected chi connectivity index (χ4v) is 0.447. The molecule has 0 amide bonds. The van der Waals surface area contributed by atoms with Gasteiger partial charge in [-0.3, -0.25) is 14.4 Å². The molecule has 1 N–H and O–H groups in total. The fraction of sp³-hybridized carbons (Fsp3) is 0.786. The maximum atomic E-state index is 9.61. The van der Waals surface area contributed by atoms with Crippen LogP contribution in [0.4, 0.5) is 0 Å². The Morgan fingerprint density at radius 3 is 1.43 bits per heavy atom. The van der Waals surface area contributed by atoms with Gasteiger partial charge in [-0.2, -0.15) is 0 Å². The van der Waals surface area contributed by atoms with Crippen molar-refractivity contribution in [2.45, 2.75) is 63.2 Å². The Labute approximate surface area is 130 Å². The zero-order valence-corrected chi connectivity index (χ0v) is 9.20. The Hall–Kier alpha value is -1.63. The third-order valence-corrected chi connectivity index (χ3v) is 1.23. The van der Waals surface area contributed by atoms with Crippen molar-refractivity contribution >= 4 is 19.4 Å². The molecule has 21 heavy (non-hydrogen) atoms. The molecule has 0 aliphatic rings. The first-order chi connectivity index (χ1) is 7.62. The number of carbonyl (C=O) groups excluding carboxylic acids is 3. The van der Waals surface area contributed by atoms with E-state index < -0.39 is 0 Å². The van der Waals surface area contributed by atoms with Gasteiger partial charge in [0, 0.05) is 0 Å². The van der Waals surface area contributed by atoms with E-state index in [4.69, 9.17) is 5.11 Å². The van der Waals surface area contributed by atoms with Crippen LogP contribution >= 0.6 is 0 Å². The molecule has 2 unspecified atom stereocenters. The summed E-state index contributed by atoms with van der Waals surface area (Å²) < 4.78 is 12.9. The second-order valence-electron chi connectivity index (χ2n) is 2.70. The van der Waals surface area contributed by atoms with Crippen LogP contribution < -0.4 is 0 Å². The Bertz CT molecular complexity index is 186. The van der Waals surface area contributed by atoms with Crippen molar-refractivity contribution in [2.75, 3.05) is 13.2 Å². The minimum absolute atomic E-state index is 0. The lowest BCUT2D eigenvalue weighted by Crippen LogP contribution is -2.14. The van der Waals surface area contributed by atoms with Gasteiger partial charge < -0.3 is 19.3 Å². The third-order valence-electron chi connectivity index (χ3n) is 1.23. The monoisotopic (exact) mass is 316 g/mol. The third kappa shape index (κ3) is 45.8. The number of carbonyl (C=O) groups is 3. The lowest BCUT2D eigenvalue weighted by Gasteiger charge is -2.05. The van der Waals surface area contributed by atoms with E-state index in [-0.39, 0.29) is 62.6 Å². The molecule has 0 spiro atoms. The molecule has 0 fully saturated rings. The van der Waals surface area contributed by atoms with E-state index in [0.29, 0.717) is 19.4 Å². The summed E-state index contributed by atoms with van der Waals surface area (Å²) in [6, 6.07) is 0. The number of rotatable bonds is 8. The first kappa shape index (κ1) is 42.7. The van der Waals surface area contributed by atoms with Crippen LogP contribution in [0.25, 0.3) is 0 Å². The minimum atomic E-state index is -0.363. The Morgan fingerprint density at radius 2 is 1.19 bits per heavy atom. The van der Waals surface area contributed by atoms with E-state index in [9.17, 15) is 14.4 Å². The van der Waals surface area contributed by atoms with E-state index in [1.165, 1.54) is 0 Å². The van der Waals surface area contributed by atoms with Crippen LogP contribution in [-0.2, 0) is 28.6 Å². The van der Waals surface area contributed by atoms with Gasteiger partial charge in [0.2, 0.25) is 0 Å². The van der Waals surface area contributed by atoms with Crippen molar-refractivity contribution in [1.82, 2.24) is 0 Å². The topological polar surface area (TPSA) is 99.1 Å². The molecule has 0 aromatic carbocycles. The standard InChI is InChI=1S/C5H8O4.C4H8O3.5CH4/c1-5(9-4-7)2-8-3-6;1-4(2-5)7-3-6;;;;;/h3-5H,2H2,1H3;3-5H,2H2,1H3;5*1H4. The zero-order valence-electron chi connectivity index (χ0n) is 9.20. The second-order valence-corrected chi connectivity index (χ2v) is 2.70. The number of hydrogen-bond acceptors (Lipinski definition) is 7. The summed E-state index contributed by atoms with van der Waals surface area (Å²) in [5, 5.41) is 8.18. The molecular weight excluding hydrogens is 280 g/mol. The number of aliphatic hydroxyl groups is 1. The van der Waals surface area contributed by atoms with Crippen LogP contribution in [0.3, 0.4) is 0 Å². The summed E-state index contributed by atoms with van der Waals surface area (Å²) in [6.07, 6.45) is -0.717. The molecule has 7 nitrogen and oxygen atoms in total. The van der Waals surface area contributed by atoms with Crippen molar-refractivity contribution < 1.29 is 33.7 Å². The molecule has 0 aromatic rings. The van der Waals surface area contributed by atoms with Crippen LogP contribution in [-0.4, -0.2) is 49.9 Å². The van der Waals surface area contributed by atoms with Crippen LogP contribution in [0.1, 0.15) is 51.0 Å². The minimum Gasteiger partial charge on any atom is -0.464 e. The predicted octanol–water partition coefficient (Wildman–Crippen LogP) is 2.44. The van der Waals surface area contributed by atoms with Crippen molar-refractivity contribution in [1.29, 1.82) is 0 Å². The summed E-state index contributed by atoms with van der Waals surface area (Å²) in [4.78, 5) is 28.6. The average molecular weight is 316 g/mol. The summed E-state index contributed by atoms with van der Waals surface area (Å²) in [7, 11) is 0. The first-order valence-electron chi connectivity index (χ1n) is 4.46.